The van der Waals surface area contributed by atoms with Gasteiger partial charge in [-0.05, 0) is 38.7 Å². The zero-order valence-corrected chi connectivity index (χ0v) is 39.3. The standard InChI is InChI=1S/C43H72O6Si4/c1-44-51(45-2,40-28-16-13-17-29-40)37-25-10-7-22-34-43(50,35-23-8-11-26-38-52(46-3,47-4)41-30-18-14-19-31-41)36-24-9-12-27-39-53(48-5,49-6)42-32-20-15-21-33-42/h13-21,28-33H,7-12,22-27,34-39H2,1-6,50H3. The minimum Gasteiger partial charge on any atom is -0.394 e. The number of benzene rings is 3. The summed E-state index contributed by atoms with van der Waals surface area (Å²) in [5.41, 5.74) is 0. The molecule has 0 saturated heterocycles. The minimum atomic E-state index is -2.37. The molecule has 0 atom stereocenters. The summed E-state index contributed by atoms with van der Waals surface area (Å²) in [6.45, 7) is 0. The summed E-state index contributed by atoms with van der Waals surface area (Å²) in [5, 5.41) is 4.22. The van der Waals surface area contributed by atoms with Crippen molar-refractivity contribution in [2.75, 3.05) is 42.7 Å². The fourth-order valence-electron chi connectivity index (χ4n) is 8.24. The third kappa shape index (κ3) is 14.1. The van der Waals surface area contributed by atoms with Crippen LogP contribution in [0.4, 0.5) is 0 Å². The topological polar surface area (TPSA) is 55.4 Å². The van der Waals surface area contributed by atoms with E-state index in [0.29, 0.717) is 5.04 Å². The smallest absolute Gasteiger partial charge is 0.371 e. The van der Waals surface area contributed by atoms with Crippen LogP contribution in [0.5, 0.6) is 0 Å². The largest absolute Gasteiger partial charge is 0.394 e. The highest BCUT2D eigenvalue weighted by atomic mass is 28.4. The SMILES string of the molecule is CO[Si](CCCCCCC([SiH3])(CCCCCC[Si](OC)(OC)c1ccccc1)CCCCCC[Si](OC)(OC)c1ccccc1)(OC)c1ccccc1. The number of hydrogen-bond acceptors (Lipinski definition) is 6. The van der Waals surface area contributed by atoms with Gasteiger partial charge in [0.2, 0.25) is 0 Å². The molecule has 0 radical (unpaired) electrons. The van der Waals surface area contributed by atoms with Gasteiger partial charge < -0.3 is 26.6 Å². The lowest BCUT2D eigenvalue weighted by molar-refractivity contribution is 0.255. The summed E-state index contributed by atoms with van der Waals surface area (Å²) in [6.07, 6.45) is 19.1. The molecule has 10 heteroatoms. The minimum absolute atomic E-state index is 0.519. The Kier molecular flexibility index (Phi) is 21.3. The molecule has 0 N–H and O–H groups in total. The van der Waals surface area contributed by atoms with Gasteiger partial charge in [-0.25, -0.2) is 0 Å². The van der Waals surface area contributed by atoms with Crippen molar-refractivity contribution in [3.8, 4) is 0 Å². The van der Waals surface area contributed by atoms with Crippen LogP contribution in [0.2, 0.25) is 23.2 Å². The quantitative estimate of drug-likeness (QED) is 0.0501. The molecule has 3 rings (SSSR count). The van der Waals surface area contributed by atoms with Gasteiger partial charge in [0.1, 0.15) is 0 Å². The van der Waals surface area contributed by atoms with Crippen LogP contribution in [0.15, 0.2) is 91.0 Å². The van der Waals surface area contributed by atoms with Gasteiger partial charge in [-0.2, -0.15) is 0 Å². The van der Waals surface area contributed by atoms with E-state index in [4.69, 9.17) is 26.6 Å². The van der Waals surface area contributed by atoms with Crippen molar-refractivity contribution in [3.05, 3.63) is 91.0 Å². The molecule has 0 heterocycles. The Balaban J connectivity index is 1.49. The average molecular weight is 797 g/mol. The van der Waals surface area contributed by atoms with E-state index in [-0.39, 0.29) is 0 Å². The molecule has 0 saturated carbocycles. The predicted octanol–water partition coefficient (Wildman–Crippen LogP) is 8.29. The van der Waals surface area contributed by atoms with Gasteiger partial charge in [-0.3, -0.25) is 0 Å². The first-order chi connectivity index (χ1) is 25.8. The van der Waals surface area contributed by atoms with Gasteiger partial charge in [0, 0.05) is 52.9 Å². The first kappa shape index (κ1) is 45.7. The van der Waals surface area contributed by atoms with Crippen LogP contribution in [0.3, 0.4) is 0 Å². The monoisotopic (exact) mass is 796 g/mol. The molecule has 3 aromatic carbocycles. The molecular formula is C43H72O6Si4. The highest BCUT2D eigenvalue weighted by Gasteiger charge is 2.39. The summed E-state index contributed by atoms with van der Waals surface area (Å²) in [5.74, 6) is 0. The van der Waals surface area contributed by atoms with Crippen molar-refractivity contribution in [2.24, 2.45) is 0 Å². The van der Waals surface area contributed by atoms with Crippen LogP contribution in [0.1, 0.15) is 96.3 Å². The van der Waals surface area contributed by atoms with Gasteiger partial charge >= 0.3 is 25.7 Å². The summed E-state index contributed by atoms with van der Waals surface area (Å²) in [4.78, 5) is 0. The van der Waals surface area contributed by atoms with E-state index in [1.807, 2.05) is 42.7 Å². The van der Waals surface area contributed by atoms with Gasteiger partial charge in [0.15, 0.2) is 0 Å². The molecular weight excluding hydrogens is 725 g/mol. The predicted molar refractivity (Wildman–Crippen MR) is 234 cm³/mol. The molecule has 0 aliphatic heterocycles. The van der Waals surface area contributed by atoms with Crippen molar-refractivity contribution in [2.45, 2.75) is 119 Å². The van der Waals surface area contributed by atoms with E-state index in [1.54, 1.807) is 0 Å². The van der Waals surface area contributed by atoms with E-state index in [1.165, 1.54) is 103 Å². The van der Waals surface area contributed by atoms with Crippen LogP contribution in [-0.2, 0) is 26.6 Å². The molecule has 3 aromatic rings. The Morgan fingerprint density at radius 2 is 0.585 bits per heavy atom. The summed E-state index contributed by atoms with van der Waals surface area (Å²) in [7, 11) is 5.11. The Labute approximate surface area is 329 Å². The van der Waals surface area contributed by atoms with Crippen LogP contribution in [-0.4, -0.2) is 78.6 Å². The van der Waals surface area contributed by atoms with Crippen molar-refractivity contribution < 1.29 is 26.6 Å². The molecule has 0 bridgehead atoms. The zero-order valence-electron chi connectivity index (χ0n) is 34.3. The van der Waals surface area contributed by atoms with Gasteiger partial charge in [0.25, 0.3) is 0 Å². The Bertz CT molecular complexity index is 1180. The first-order valence-electron chi connectivity index (χ1n) is 20.3. The van der Waals surface area contributed by atoms with Gasteiger partial charge in [-0.15, -0.1) is 0 Å². The average Bonchev–Trinajstić information content (AvgIpc) is 3.22. The molecule has 6 nitrogen and oxygen atoms in total. The molecule has 0 unspecified atom stereocenters. The van der Waals surface area contributed by atoms with E-state index in [0.717, 1.165) is 37.4 Å². The van der Waals surface area contributed by atoms with Crippen molar-refractivity contribution in [1.29, 1.82) is 0 Å². The normalized spacial score (nSPS) is 12.8. The summed E-state index contributed by atoms with van der Waals surface area (Å²) in [6, 6.07) is 34.8. The molecule has 0 aliphatic carbocycles. The number of hydrogen-bond donors (Lipinski definition) is 0. The third-order valence-electron chi connectivity index (χ3n) is 11.7. The second-order valence-corrected chi connectivity index (χ2v) is 27.5. The highest BCUT2D eigenvalue weighted by molar-refractivity contribution is 6.82. The molecule has 0 aromatic heterocycles. The lowest BCUT2D eigenvalue weighted by Crippen LogP contribution is -2.52. The van der Waals surface area contributed by atoms with Crippen molar-refractivity contribution >= 4 is 51.5 Å². The van der Waals surface area contributed by atoms with E-state index in [2.05, 4.69) is 91.0 Å². The van der Waals surface area contributed by atoms with Crippen molar-refractivity contribution in [1.82, 2.24) is 0 Å². The first-order valence-corrected chi connectivity index (χ1v) is 27.3. The molecule has 0 spiro atoms. The fraction of sp³-hybridized carbons (Fsp3) is 0.581. The number of rotatable bonds is 30. The Morgan fingerprint density at radius 1 is 0.358 bits per heavy atom. The maximum atomic E-state index is 6.08. The van der Waals surface area contributed by atoms with E-state index >= 15 is 0 Å². The molecule has 53 heavy (non-hydrogen) atoms. The van der Waals surface area contributed by atoms with Crippen LogP contribution >= 0.6 is 0 Å². The maximum absolute atomic E-state index is 6.08. The second kappa shape index (κ2) is 24.7. The fourth-order valence-corrected chi connectivity index (χ4v) is 17.6. The summed E-state index contributed by atoms with van der Waals surface area (Å²) >= 11 is 0. The lowest BCUT2D eigenvalue weighted by atomic mass is 9.88. The zero-order chi connectivity index (χ0) is 38.3. The lowest BCUT2D eigenvalue weighted by Gasteiger charge is -2.31. The van der Waals surface area contributed by atoms with Crippen LogP contribution < -0.4 is 15.6 Å². The van der Waals surface area contributed by atoms with E-state index < -0.39 is 25.7 Å². The summed E-state index contributed by atoms with van der Waals surface area (Å²) < 4.78 is 36.5. The molecule has 0 amide bonds. The van der Waals surface area contributed by atoms with Crippen LogP contribution in [0, 0.1) is 0 Å². The molecule has 296 valence electrons. The molecule has 0 aliphatic rings. The van der Waals surface area contributed by atoms with Crippen LogP contribution in [0.25, 0.3) is 0 Å². The van der Waals surface area contributed by atoms with E-state index in [9.17, 15) is 0 Å². The van der Waals surface area contributed by atoms with Crippen molar-refractivity contribution in [3.63, 3.8) is 0 Å². The van der Waals surface area contributed by atoms with Gasteiger partial charge in [-0.1, -0.05) is 187 Å². The van der Waals surface area contributed by atoms with Gasteiger partial charge in [0.05, 0.1) is 0 Å². The Hall–Kier alpha value is -1.71. The Morgan fingerprint density at radius 3 is 0.811 bits per heavy atom. The highest BCUT2D eigenvalue weighted by Crippen LogP contribution is 2.41. The molecule has 0 fully saturated rings. The maximum Gasteiger partial charge on any atom is 0.371 e. The third-order valence-corrected chi connectivity index (χ3v) is 23.9. The second-order valence-electron chi connectivity index (χ2n) is 15.1. The number of unbranched alkanes of at least 4 members (excludes halogenated alkanes) is 9.